The van der Waals surface area contributed by atoms with E-state index in [2.05, 4.69) is 4.98 Å². The van der Waals surface area contributed by atoms with Crippen LogP contribution in [0.5, 0.6) is 5.75 Å². The van der Waals surface area contributed by atoms with Crippen molar-refractivity contribution in [3.63, 3.8) is 0 Å². The number of nitrogens with zero attached hydrogens (tertiary/aromatic N) is 2. The molecule has 3 rings (SSSR count). The van der Waals surface area contributed by atoms with Crippen molar-refractivity contribution in [1.82, 2.24) is 9.88 Å². The third kappa shape index (κ3) is 2.15. The average molecular weight is 278 g/mol. The monoisotopic (exact) mass is 278 g/mol. The number of carbonyl (C=O) groups is 1. The van der Waals surface area contributed by atoms with Gasteiger partial charge in [0, 0.05) is 17.2 Å². The highest BCUT2D eigenvalue weighted by Crippen LogP contribution is 2.36. The lowest BCUT2D eigenvalue weighted by atomic mass is 9.87. The SMILES string of the molecule is CC1(C)CCC[C@@H]2COc3c(F)cncc3CN2C1=O. The molecule has 2 aliphatic rings. The summed E-state index contributed by atoms with van der Waals surface area (Å²) >= 11 is 0. The Morgan fingerprint density at radius 1 is 1.45 bits per heavy atom. The molecule has 1 fully saturated rings. The van der Waals surface area contributed by atoms with E-state index in [9.17, 15) is 9.18 Å². The smallest absolute Gasteiger partial charge is 0.228 e. The predicted molar refractivity (Wildman–Crippen MR) is 71.7 cm³/mol. The normalized spacial score (nSPS) is 25.1. The summed E-state index contributed by atoms with van der Waals surface area (Å²) in [5.74, 6) is -0.0775. The molecule has 1 aromatic rings. The van der Waals surface area contributed by atoms with Crippen LogP contribution in [0, 0.1) is 11.2 Å². The van der Waals surface area contributed by atoms with Crippen LogP contribution in [0.15, 0.2) is 12.4 Å². The number of fused-ring (bicyclic) bond motifs is 2. The van der Waals surface area contributed by atoms with Crippen molar-refractivity contribution in [1.29, 1.82) is 0 Å². The molecule has 20 heavy (non-hydrogen) atoms. The van der Waals surface area contributed by atoms with E-state index in [1.54, 1.807) is 6.20 Å². The predicted octanol–water partition coefficient (Wildman–Crippen LogP) is 2.52. The maximum Gasteiger partial charge on any atom is 0.228 e. The van der Waals surface area contributed by atoms with Gasteiger partial charge in [-0.15, -0.1) is 0 Å². The highest BCUT2D eigenvalue weighted by molar-refractivity contribution is 5.82. The summed E-state index contributed by atoms with van der Waals surface area (Å²) < 4.78 is 19.4. The van der Waals surface area contributed by atoms with Gasteiger partial charge in [-0.1, -0.05) is 20.3 Å². The molecule has 5 heteroatoms. The molecule has 0 saturated carbocycles. The van der Waals surface area contributed by atoms with E-state index >= 15 is 0 Å². The van der Waals surface area contributed by atoms with Crippen molar-refractivity contribution in [2.75, 3.05) is 6.61 Å². The van der Waals surface area contributed by atoms with Gasteiger partial charge in [-0.2, -0.15) is 0 Å². The largest absolute Gasteiger partial charge is 0.488 e. The third-order valence-corrected chi connectivity index (χ3v) is 4.31. The van der Waals surface area contributed by atoms with Crippen molar-refractivity contribution < 1.29 is 13.9 Å². The van der Waals surface area contributed by atoms with E-state index in [4.69, 9.17) is 4.74 Å². The Hall–Kier alpha value is -1.65. The number of halogens is 1. The second kappa shape index (κ2) is 4.72. The van der Waals surface area contributed by atoms with Crippen LogP contribution in [0.3, 0.4) is 0 Å². The Bertz CT molecular complexity index is 545. The van der Waals surface area contributed by atoms with Crippen LogP contribution in [0.25, 0.3) is 0 Å². The second-order valence-corrected chi connectivity index (χ2v) is 6.28. The molecule has 0 aliphatic carbocycles. The summed E-state index contributed by atoms with van der Waals surface area (Å²) in [6.07, 6.45) is 5.51. The van der Waals surface area contributed by atoms with Gasteiger partial charge in [0.05, 0.1) is 18.8 Å². The van der Waals surface area contributed by atoms with Gasteiger partial charge in [0.15, 0.2) is 11.6 Å². The van der Waals surface area contributed by atoms with Crippen LogP contribution < -0.4 is 4.74 Å². The Kier molecular flexibility index (Phi) is 3.15. The number of ether oxygens (including phenoxy) is 1. The summed E-state index contributed by atoms with van der Waals surface area (Å²) in [6.45, 7) is 4.70. The first kappa shape index (κ1) is 13.3. The van der Waals surface area contributed by atoms with Crippen molar-refractivity contribution in [2.24, 2.45) is 5.41 Å². The van der Waals surface area contributed by atoms with Crippen molar-refractivity contribution >= 4 is 5.91 Å². The molecule has 1 amide bonds. The van der Waals surface area contributed by atoms with Crippen LogP contribution in [0.4, 0.5) is 4.39 Å². The molecule has 108 valence electrons. The van der Waals surface area contributed by atoms with E-state index < -0.39 is 5.82 Å². The lowest BCUT2D eigenvalue weighted by molar-refractivity contribution is -0.142. The molecule has 0 radical (unpaired) electrons. The zero-order chi connectivity index (χ0) is 14.3. The number of rotatable bonds is 0. The molecular weight excluding hydrogens is 259 g/mol. The number of hydrogen-bond donors (Lipinski definition) is 0. The van der Waals surface area contributed by atoms with Gasteiger partial charge in [-0.05, 0) is 12.8 Å². The Balaban J connectivity index is 1.98. The molecule has 1 aromatic heterocycles. The second-order valence-electron chi connectivity index (χ2n) is 6.28. The Morgan fingerprint density at radius 2 is 2.25 bits per heavy atom. The summed E-state index contributed by atoms with van der Waals surface area (Å²) in [5, 5.41) is 0. The summed E-state index contributed by atoms with van der Waals surface area (Å²) in [4.78, 5) is 18.4. The first-order chi connectivity index (χ1) is 9.49. The summed E-state index contributed by atoms with van der Waals surface area (Å²) in [5.41, 5.74) is 0.290. The van der Waals surface area contributed by atoms with Gasteiger partial charge in [0.1, 0.15) is 6.61 Å². The van der Waals surface area contributed by atoms with Gasteiger partial charge in [0.2, 0.25) is 5.91 Å². The van der Waals surface area contributed by atoms with Crippen molar-refractivity contribution in [3.8, 4) is 5.75 Å². The first-order valence-electron chi connectivity index (χ1n) is 7.05. The van der Waals surface area contributed by atoms with Gasteiger partial charge < -0.3 is 9.64 Å². The molecule has 0 aromatic carbocycles. The third-order valence-electron chi connectivity index (χ3n) is 4.31. The quantitative estimate of drug-likeness (QED) is 0.732. The highest BCUT2D eigenvalue weighted by Gasteiger charge is 2.40. The highest BCUT2D eigenvalue weighted by atomic mass is 19.1. The molecular formula is C15H19FN2O2. The summed E-state index contributed by atoms with van der Waals surface area (Å²) in [6, 6.07) is 0.0241. The van der Waals surface area contributed by atoms with E-state index in [1.807, 2.05) is 18.7 Å². The number of carbonyl (C=O) groups excluding carboxylic acids is 1. The van der Waals surface area contributed by atoms with E-state index in [1.165, 1.54) is 0 Å². The van der Waals surface area contributed by atoms with Gasteiger partial charge >= 0.3 is 0 Å². The van der Waals surface area contributed by atoms with Crippen molar-refractivity contribution in [2.45, 2.75) is 45.7 Å². The maximum absolute atomic E-state index is 13.8. The van der Waals surface area contributed by atoms with Gasteiger partial charge in [-0.3, -0.25) is 9.78 Å². The molecule has 4 nitrogen and oxygen atoms in total. The molecule has 2 aliphatic heterocycles. The molecule has 3 heterocycles. The van der Waals surface area contributed by atoms with Crippen molar-refractivity contribution in [3.05, 3.63) is 23.8 Å². The first-order valence-corrected chi connectivity index (χ1v) is 7.05. The zero-order valence-electron chi connectivity index (χ0n) is 11.9. The fraction of sp³-hybridized carbons (Fsp3) is 0.600. The van der Waals surface area contributed by atoms with E-state index in [0.717, 1.165) is 25.5 Å². The summed E-state index contributed by atoms with van der Waals surface area (Å²) in [7, 11) is 0. The standard InChI is InChI=1S/C15H19FN2O2/c1-15(2)5-3-4-11-9-20-13-10(6-17-7-12(13)16)8-18(11)14(15)19/h6-7,11H,3-5,8-9H2,1-2H3/t11-/m1/s1. The number of pyridine rings is 1. The van der Waals surface area contributed by atoms with Crippen LogP contribution in [-0.2, 0) is 11.3 Å². The zero-order valence-corrected chi connectivity index (χ0v) is 11.9. The Morgan fingerprint density at radius 3 is 3.05 bits per heavy atom. The number of aromatic nitrogens is 1. The van der Waals surface area contributed by atoms with Crippen LogP contribution >= 0.6 is 0 Å². The molecule has 1 saturated heterocycles. The maximum atomic E-state index is 13.8. The van der Waals surface area contributed by atoms with E-state index in [0.29, 0.717) is 18.7 Å². The lowest BCUT2D eigenvalue weighted by Crippen LogP contribution is -2.45. The Labute approximate surface area is 117 Å². The average Bonchev–Trinajstić information content (AvgIpc) is 2.63. The molecule has 0 bridgehead atoms. The fourth-order valence-corrected chi connectivity index (χ4v) is 3.07. The number of amides is 1. The van der Waals surface area contributed by atoms with Crippen LogP contribution in [0.2, 0.25) is 0 Å². The molecule has 0 unspecified atom stereocenters. The molecule has 0 spiro atoms. The topological polar surface area (TPSA) is 42.4 Å². The fourth-order valence-electron chi connectivity index (χ4n) is 3.07. The minimum absolute atomic E-state index is 0.0241. The van der Waals surface area contributed by atoms with Crippen LogP contribution in [-0.4, -0.2) is 28.4 Å². The van der Waals surface area contributed by atoms with Gasteiger partial charge in [0.25, 0.3) is 0 Å². The minimum Gasteiger partial charge on any atom is -0.488 e. The van der Waals surface area contributed by atoms with Crippen LogP contribution in [0.1, 0.15) is 38.7 Å². The van der Waals surface area contributed by atoms with E-state index in [-0.39, 0.29) is 23.1 Å². The molecule has 1 atom stereocenters. The van der Waals surface area contributed by atoms with Gasteiger partial charge in [-0.25, -0.2) is 4.39 Å². The number of hydrogen-bond acceptors (Lipinski definition) is 3. The minimum atomic E-state index is -0.452. The lowest BCUT2D eigenvalue weighted by Gasteiger charge is -2.32. The molecule has 0 N–H and O–H groups in total.